The average Bonchev–Trinajstić information content (AvgIpc) is 2.48. The molecule has 2 rings (SSSR count). The molecule has 1 N–H and O–H groups in total. The molecule has 0 spiro atoms. The molecule has 0 amide bonds. The number of aromatic nitrogens is 2. The van der Waals surface area contributed by atoms with Crippen LogP contribution in [0.15, 0.2) is 42.9 Å². The van der Waals surface area contributed by atoms with Crippen molar-refractivity contribution in [3.8, 4) is 11.8 Å². The predicted molar refractivity (Wildman–Crippen MR) is 77.6 cm³/mol. The van der Waals surface area contributed by atoms with E-state index in [0.717, 1.165) is 0 Å². The number of aliphatic hydroxyl groups excluding tert-OH is 1. The van der Waals surface area contributed by atoms with E-state index in [-0.39, 0.29) is 0 Å². The van der Waals surface area contributed by atoms with Crippen molar-refractivity contribution >= 4 is 0 Å². The Labute approximate surface area is 123 Å². The zero-order valence-corrected chi connectivity index (χ0v) is 12.0. The van der Waals surface area contributed by atoms with Gasteiger partial charge in [-0.1, -0.05) is 0 Å². The molecule has 2 aromatic rings. The Morgan fingerprint density at radius 3 is 2.57 bits per heavy atom. The van der Waals surface area contributed by atoms with Crippen LogP contribution in [0.2, 0.25) is 0 Å². The maximum atomic E-state index is 10.3. The minimum Gasteiger partial charge on any atom is -0.485 e. The van der Waals surface area contributed by atoms with Gasteiger partial charge in [-0.15, -0.1) is 0 Å². The number of rotatable bonds is 5. The van der Waals surface area contributed by atoms with Gasteiger partial charge in [-0.3, -0.25) is 9.97 Å². The average molecular weight is 283 g/mol. The Hall–Kier alpha value is -2.45. The smallest absolute Gasteiger partial charge is 0.130 e. The third-order valence-electron chi connectivity index (χ3n) is 3.19. The molecule has 1 atom stereocenters. The molecule has 0 radical (unpaired) electrons. The van der Waals surface area contributed by atoms with E-state index < -0.39 is 11.7 Å². The summed E-state index contributed by atoms with van der Waals surface area (Å²) in [4.78, 5) is 8.13. The van der Waals surface area contributed by atoms with Crippen LogP contribution in [0.5, 0.6) is 5.75 Å². The molecule has 1 aromatic carbocycles. The van der Waals surface area contributed by atoms with E-state index in [1.165, 1.54) is 0 Å². The monoisotopic (exact) mass is 283 g/mol. The van der Waals surface area contributed by atoms with Crippen LogP contribution in [0.25, 0.3) is 0 Å². The van der Waals surface area contributed by atoms with Gasteiger partial charge in [0.1, 0.15) is 11.4 Å². The molecule has 5 heteroatoms. The second-order valence-electron chi connectivity index (χ2n) is 5.26. The SMILES string of the molecule is CC(C)(Oc1ccc(C#N)cc1)C(O)Cc1cnccn1. The number of nitriles is 1. The van der Waals surface area contributed by atoms with Crippen LogP contribution >= 0.6 is 0 Å². The number of hydrogen-bond acceptors (Lipinski definition) is 5. The van der Waals surface area contributed by atoms with Crippen LogP contribution in [0.1, 0.15) is 25.1 Å². The van der Waals surface area contributed by atoms with Crippen molar-refractivity contribution in [2.45, 2.75) is 32.0 Å². The van der Waals surface area contributed by atoms with Gasteiger partial charge in [0.25, 0.3) is 0 Å². The lowest BCUT2D eigenvalue weighted by Gasteiger charge is -2.31. The van der Waals surface area contributed by atoms with Gasteiger partial charge in [-0.25, -0.2) is 0 Å². The molecular formula is C16H17N3O2. The van der Waals surface area contributed by atoms with E-state index in [1.807, 2.05) is 13.8 Å². The largest absolute Gasteiger partial charge is 0.485 e. The summed E-state index contributed by atoms with van der Waals surface area (Å²) in [6.45, 7) is 3.62. The van der Waals surface area contributed by atoms with E-state index in [0.29, 0.717) is 23.4 Å². The quantitative estimate of drug-likeness (QED) is 0.909. The van der Waals surface area contributed by atoms with Crippen LogP contribution in [0.3, 0.4) is 0 Å². The summed E-state index contributed by atoms with van der Waals surface area (Å²) in [5.74, 6) is 0.609. The third-order valence-corrected chi connectivity index (χ3v) is 3.19. The van der Waals surface area contributed by atoms with Crippen LogP contribution in [0, 0.1) is 11.3 Å². The van der Waals surface area contributed by atoms with Gasteiger partial charge in [-0.2, -0.15) is 5.26 Å². The highest BCUT2D eigenvalue weighted by Gasteiger charge is 2.30. The molecule has 0 saturated heterocycles. The highest BCUT2D eigenvalue weighted by Crippen LogP contribution is 2.23. The fourth-order valence-electron chi connectivity index (χ4n) is 1.85. The van der Waals surface area contributed by atoms with Crippen molar-refractivity contribution in [2.75, 3.05) is 0 Å². The molecule has 5 nitrogen and oxygen atoms in total. The lowest BCUT2D eigenvalue weighted by molar-refractivity contribution is -0.0281. The van der Waals surface area contributed by atoms with Crippen LogP contribution in [-0.4, -0.2) is 26.8 Å². The Morgan fingerprint density at radius 2 is 2.00 bits per heavy atom. The van der Waals surface area contributed by atoms with E-state index in [4.69, 9.17) is 10.00 Å². The first-order valence-electron chi connectivity index (χ1n) is 6.63. The van der Waals surface area contributed by atoms with Gasteiger partial charge in [0, 0.05) is 25.0 Å². The van der Waals surface area contributed by atoms with Gasteiger partial charge < -0.3 is 9.84 Å². The third kappa shape index (κ3) is 4.01. The standard InChI is InChI=1S/C16H17N3O2/c1-16(2,15(20)9-13-11-18-7-8-19-13)21-14-5-3-12(10-17)4-6-14/h3-8,11,15,20H,9H2,1-2H3. The molecule has 0 aliphatic heterocycles. The van der Waals surface area contributed by atoms with Crippen LogP contribution in [-0.2, 0) is 6.42 Å². The summed E-state index contributed by atoms with van der Waals surface area (Å²) in [6, 6.07) is 8.85. The number of benzene rings is 1. The van der Waals surface area contributed by atoms with E-state index in [2.05, 4.69) is 16.0 Å². The van der Waals surface area contributed by atoms with Crippen molar-refractivity contribution in [3.63, 3.8) is 0 Å². The Balaban J connectivity index is 2.04. The molecule has 21 heavy (non-hydrogen) atoms. The minimum absolute atomic E-state index is 0.358. The number of hydrogen-bond donors (Lipinski definition) is 1. The number of nitrogens with zero attached hydrogens (tertiary/aromatic N) is 3. The number of ether oxygens (including phenoxy) is 1. The first-order valence-corrected chi connectivity index (χ1v) is 6.63. The number of aliphatic hydroxyl groups is 1. The first kappa shape index (κ1) is 14.9. The molecular weight excluding hydrogens is 266 g/mol. The van der Waals surface area contributed by atoms with Crippen LogP contribution in [0.4, 0.5) is 0 Å². The van der Waals surface area contributed by atoms with Gasteiger partial charge in [0.05, 0.1) is 23.4 Å². The fourth-order valence-corrected chi connectivity index (χ4v) is 1.85. The molecule has 0 saturated carbocycles. The van der Waals surface area contributed by atoms with Crippen molar-refractivity contribution in [3.05, 3.63) is 54.1 Å². The highest BCUT2D eigenvalue weighted by molar-refractivity contribution is 5.34. The first-order chi connectivity index (χ1) is 10.0. The van der Waals surface area contributed by atoms with Crippen LogP contribution < -0.4 is 4.74 Å². The Kier molecular flexibility index (Phi) is 4.51. The van der Waals surface area contributed by atoms with E-state index in [9.17, 15) is 5.11 Å². The molecule has 1 aromatic heterocycles. The Morgan fingerprint density at radius 1 is 1.29 bits per heavy atom. The summed E-state index contributed by atoms with van der Waals surface area (Å²) in [5, 5.41) is 19.1. The summed E-state index contributed by atoms with van der Waals surface area (Å²) in [7, 11) is 0. The van der Waals surface area contributed by atoms with Gasteiger partial charge in [0.2, 0.25) is 0 Å². The summed E-state index contributed by atoms with van der Waals surface area (Å²) < 4.78 is 5.83. The Bertz CT molecular complexity index is 618. The molecule has 0 aliphatic carbocycles. The fraction of sp³-hybridized carbons (Fsp3) is 0.312. The van der Waals surface area contributed by atoms with E-state index >= 15 is 0 Å². The molecule has 0 aliphatic rings. The maximum absolute atomic E-state index is 10.3. The summed E-state index contributed by atoms with van der Waals surface area (Å²) in [5.41, 5.74) is 0.493. The van der Waals surface area contributed by atoms with Crippen molar-refractivity contribution in [1.82, 2.24) is 9.97 Å². The zero-order valence-electron chi connectivity index (χ0n) is 12.0. The molecule has 1 heterocycles. The van der Waals surface area contributed by atoms with Gasteiger partial charge in [-0.05, 0) is 38.1 Å². The molecule has 1 unspecified atom stereocenters. The van der Waals surface area contributed by atoms with Crippen molar-refractivity contribution in [2.24, 2.45) is 0 Å². The molecule has 0 fully saturated rings. The topological polar surface area (TPSA) is 79.0 Å². The highest BCUT2D eigenvalue weighted by atomic mass is 16.5. The van der Waals surface area contributed by atoms with Gasteiger partial charge in [0.15, 0.2) is 0 Å². The second kappa shape index (κ2) is 6.33. The lowest BCUT2D eigenvalue weighted by atomic mass is 9.97. The van der Waals surface area contributed by atoms with Crippen molar-refractivity contribution in [1.29, 1.82) is 5.26 Å². The maximum Gasteiger partial charge on any atom is 0.130 e. The van der Waals surface area contributed by atoms with Gasteiger partial charge >= 0.3 is 0 Å². The zero-order chi connectivity index (χ0) is 15.3. The predicted octanol–water partition coefficient (Wildman–Crippen LogP) is 2.11. The summed E-state index contributed by atoms with van der Waals surface area (Å²) in [6.07, 6.45) is 4.44. The normalized spacial score (nSPS) is 12.5. The van der Waals surface area contributed by atoms with E-state index in [1.54, 1.807) is 42.9 Å². The summed E-state index contributed by atoms with van der Waals surface area (Å²) >= 11 is 0. The second-order valence-corrected chi connectivity index (χ2v) is 5.26. The molecule has 108 valence electrons. The van der Waals surface area contributed by atoms with Crippen molar-refractivity contribution < 1.29 is 9.84 Å². The molecule has 0 bridgehead atoms. The lowest BCUT2D eigenvalue weighted by Crippen LogP contribution is -2.43. The minimum atomic E-state index is -0.786.